The summed E-state index contributed by atoms with van der Waals surface area (Å²) in [5, 5.41) is 0. The Morgan fingerprint density at radius 2 is 1.94 bits per heavy atom. The smallest absolute Gasteiger partial charge is 0.279 e. The lowest BCUT2D eigenvalue weighted by atomic mass is 9.96. The van der Waals surface area contributed by atoms with E-state index in [9.17, 15) is 8.42 Å². The minimum Gasteiger partial charge on any atom is -0.330 e. The van der Waals surface area contributed by atoms with E-state index in [1.165, 1.54) is 4.31 Å². The lowest BCUT2D eigenvalue weighted by Gasteiger charge is -2.31. The number of hydrogen-bond acceptors (Lipinski definition) is 3. The molecule has 1 atom stereocenters. The van der Waals surface area contributed by atoms with Crippen LogP contribution in [0.5, 0.6) is 0 Å². The SMILES string of the molecule is CCC(C)(CCN)NS(=O)(=O)N1CCCC1. The maximum atomic E-state index is 12.1. The fourth-order valence-corrected chi connectivity index (χ4v) is 3.66. The van der Waals surface area contributed by atoms with Gasteiger partial charge in [-0.1, -0.05) is 6.92 Å². The van der Waals surface area contributed by atoms with Crippen molar-refractivity contribution in [3.8, 4) is 0 Å². The quantitative estimate of drug-likeness (QED) is 0.717. The molecule has 0 amide bonds. The Morgan fingerprint density at radius 3 is 2.38 bits per heavy atom. The van der Waals surface area contributed by atoms with E-state index in [0.717, 1.165) is 19.3 Å². The predicted molar refractivity (Wildman–Crippen MR) is 65.2 cm³/mol. The Balaban J connectivity index is 2.69. The van der Waals surface area contributed by atoms with Gasteiger partial charge >= 0.3 is 0 Å². The molecule has 6 heteroatoms. The normalized spacial score (nSPS) is 22.2. The molecule has 1 fully saturated rings. The van der Waals surface area contributed by atoms with Crippen molar-refractivity contribution in [2.75, 3.05) is 19.6 Å². The third kappa shape index (κ3) is 3.41. The van der Waals surface area contributed by atoms with E-state index < -0.39 is 15.7 Å². The monoisotopic (exact) mass is 249 g/mol. The van der Waals surface area contributed by atoms with Gasteiger partial charge in [0, 0.05) is 18.6 Å². The van der Waals surface area contributed by atoms with Crippen LogP contribution in [0.1, 0.15) is 39.5 Å². The molecule has 5 nitrogen and oxygen atoms in total. The van der Waals surface area contributed by atoms with E-state index in [1.807, 2.05) is 13.8 Å². The lowest BCUT2D eigenvalue weighted by Crippen LogP contribution is -2.51. The number of nitrogens with two attached hydrogens (primary N) is 1. The molecule has 0 bridgehead atoms. The van der Waals surface area contributed by atoms with Crippen LogP contribution in [0.15, 0.2) is 0 Å². The van der Waals surface area contributed by atoms with Gasteiger partial charge in [-0.25, -0.2) is 0 Å². The summed E-state index contributed by atoms with van der Waals surface area (Å²) in [4.78, 5) is 0. The molecule has 0 aromatic carbocycles. The average Bonchev–Trinajstić information content (AvgIpc) is 2.70. The Hall–Kier alpha value is -0.170. The van der Waals surface area contributed by atoms with Gasteiger partial charge in [-0.05, 0) is 39.2 Å². The lowest BCUT2D eigenvalue weighted by molar-refractivity contribution is 0.359. The summed E-state index contributed by atoms with van der Waals surface area (Å²) < 4.78 is 28.4. The number of nitrogens with zero attached hydrogens (tertiary/aromatic N) is 1. The minimum absolute atomic E-state index is 0.420. The van der Waals surface area contributed by atoms with Crippen molar-refractivity contribution in [1.82, 2.24) is 9.03 Å². The van der Waals surface area contributed by atoms with Crippen LogP contribution in [-0.4, -0.2) is 37.9 Å². The van der Waals surface area contributed by atoms with Crippen molar-refractivity contribution in [3.05, 3.63) is 0 Å². The molecule has 3 N–H and O–H groups in total. The molecular weight excluding hydrogens is 226 g/mol. The second kappa shape index (κ2) is 5.44. The zero-order chi connectivity index (χ0) is 12.2. The molecule has 1 aliphatic heterocycles. The first-order valence-corrected chi connectivity index (χ1v) is 7.37. The highest BCUT2D eigenvalue weighted by Crippen LogP contribution is 2.18. The molecular formula is C10H23N3O2S. The van der Waals surface area contributed by atoms with Crippen LogP contribution in [0.25, 0.3) is 0 Å². The van der Waals surface area contributed by atoms with Crippen molar-refractivity contribution >= 4 is 10.2 Å². The van der Waals surface area contributed by atoms with E-state index in [0.29, 0.717) is 26.1 Å². The first kappa shape index (κ1) is 13.9. The highest BCUT2D eigenvalue weighted by Gasteiger charge is 2.32. The van der Waals surface area contributed by atoms with Gasteiger partial charge in [0.1, 0.15) is 0 Å². The van der Waals surface area contributed by atoms with E-state index in [4.69, 9.17) is 5.73 Å². The van der Waals surface area contributed by atoms with Gasteiger partial charge in [-0.2, -0.15) is 17.4 Å². The van der Waals surface area contributed by atoms with Gasteiger partial charge in [0.25, 0.3) is 10.2 Å². The van der Waals surface area contributed by atoms with Crippen LogP contribution < -0.4 is 10.5 Å². The van der Waals surface area contributed by atoms with Crippen molar-refractivity contribution in [3.63, 3.8) is 0 Å². The van der Waals surface area contributed by atoms with Gasteiger partial charge in [-0.15, -0.1) is 0 Å². The summed E-state index contributed by atoms with van der Waals surface area (Å²) in [7, 11) is -3.32. The van der Waals surface area contributed by atoms with Gasteiger partial charge < -0.3 is 5.73 Å². The van der Waals surface area contributed by atoms with E-state index in [1.54, 1.807) is 0 Å². The fourth-order valence-electron chi connectivity index (χ4n) is 1.92. The van der Waals surface area contributed by atoms with Crippen molar-refractivity contribution < 1.29 is 8.42 Å². The summed E-state index contributed by atoms with van der Waals surface area (Å²) in [6.07, 6.45) is 3.33. The maximum Gasteiger partial charge on any atom is 0.279 e. The maximum absolute atomic E-state index is 12.1. The predicted octanol–water partition coefficient (Wildman–Crippen LogP) is 0.434. The average molecular weight is 249 g/mol. The largest absolute Gasteiger partial charge is 0.330 e. The molecule has 0 aliphatic carbocycles. The van der Waals surface area contributed by atoms with Crippen molar-refractivity contribution in [1.29, 1.82) is 0 Å². The molecule has 0 radical (unpaired) electrons. The number of rotatable bonds is 6. The highest BCUT2D eigenvalue weighted by atomic mass is 32.2. The van der Waals surface area contributed by atoms with Crippen LogP contribution in [0.4, 0.5) is 0 Å². The standard InChI is InChI=1S/C10H23N3O2S/c1-3-10(2,6-7-11)12-16(14,15)13-8-4-5-9-13/h12H,3-9,11H2,1-2H3. The van der Waals surface area contributed by atoms with Crippen LogP contribution in [0.3, 0.4) is 0 Å². The second-order valence-corrected chi connectivity index (χ2v) is 6.34. The van der Waals surface area contributed by atoms with Crippen molar-refractivity contribution in [2.45, 2.75) is 45.1 Å². The third-order valence-corrected chi connectivity index (χ3v) is 5.05. The Bertz CT molecular complexity index is 312. The molecule has 0 spiro atoms. The Morgan fingerprint density at radius 1 is 1.38 bits per heavy atom. The molecule has 1 saturated heterocycles. The molecule has 1 heterocycles. The van der Waals surface area contributed by atoms with E-state index >= 15 is 0 Å². The Labute approximate surface area is 98.6 Å². The topological polar surface area (TPSA) is 75.4 Å². The molecule has 16 heavy (non-hydrogen) atoms. The summed E-state index contributed by atoms with van der Waals surface area (Å²) in [5.41, 5.74) is 5.09. The Kier molecular flexibility index (Phi) is 4.73. The number of hydrogen-bond donors (Lipinski definition) is 2. The summed E-state index contributed by atoms with van der Waals surface area (Å²) in [5.74, 6) is 0. The summed E-state index contributed by atoms with van der Waals surface area (Å²) >= 11 is 0. The molecule has 0 aromatic rings. The minimum atomic E-state index is -3.32. The molecule has 1 rings (SSSR count). The van der Waals surface area contributed by atoms with Crippen molar-refractivity contribution in [2.24, 2.45) is 5.73 Å². The van der Waals surface area contributed by atoms with Crippen LogP contribution in [-0.2, 0) is 10.2 Å². The summed E-state index contributed by atoms with van der Waals surface area (Å²) in [6, 6.07) is 0. The molecule has 1 aliphatic rings. The zero-order valence-electron chi connectivity index (χ0n) is 10.2. The van der Waals surface area contributed by atoms with Crippen LogP contribution >= 0.6 is 0 Å². The van der Waals surface area contributed by atoms with E-state index in [2.05, 4.69) is 4.72 Å². The van der Waals surface area contributed by atoms with Crippen LogP contribution in [0, 0.1) is 0 Å². The molecule has 1 unspecified atom stereocenters. The highest BCUT2D eigenvalue weighted by molar-refractivity contribution is 7.87. The summed E-state index contributed by atoms with van der Waals surface area (Å²) in [6.45, 7) is 5.65. The van der Waals surface area contributed by atoms with Gasteiger partial charge in [0.05, 0.1) is 0 Å². The number of nitrogens with one attached hydrogen (secondary N) is 1. The zero-order valence-corrected chi connectivity index (χ0v) is 11.0. The second-order valence-electron chi connectivity index (χ2n) is 4.67. The van der Waals surface area contributed by atoms with Gasteiger partial charge in [0.2, 0.25) is 0 Å². The third-order valence-electron chi connectivity index (χ3n) is 3.26. The molecule has 96 valence electrons. The first-order valence-electron chi connectivity index (χ1n) is 5.92. The van der Waals surface area contributed by atoms with Gasteiger partial charge in [-0.3, -0.25) is 0 Å². The van der Waals surface area contributed by atoms with Crippen LogP contribution in [0.2, 0.25) is 0 Å². The first-order chi connectivity index (χ1) is 7.43. The fraction of sp³-hybridized carbons (Fsp3) is 1.00. The molecule has 0 saturated carbocycles. The van der Waals surface area contributed by atoms with E-state index in [-0.39, 0.29) is 0 Å². The van der Waals surface area contributed by atoms with Gasteiger partial charge in [0.15, 0.2) is 0 Å². The molecule has 0 aromatic heterocycles.